The van der Waals surface area contributed by atoms with E-state index in [0.29, 0.717) is 28.3 Å². The van der Waals surface area contributed by atoms with E-state index in [-0.39, 0.29) is 11.3 Å². The first-order chi connectivity index (χ1) is 9.10. The standard InChI is InChI=1S/C14H26N4OS/c1-9(2)7-16-13-17-11(15)10(20-13)12(19)18(6)8-14(3,4)5/h9H,7-8,15H2,1-6H3,(H,16,17). The molecule has 0 aliphatic heterocycles. The molecule has 0 aromatic carbocycles. The van der Waals surface area contributed by atoms with Crippen molar-refractivity contribution in [2.75, 3.05) is 31.2 Å². The third-order valence-electron chi connectivity index (χ3n) is 2.57. The van der Waals surface area contributed by atoms with Crippen LogP contribution in [0.4, 0.5) is 10.9 Å². The number of thiazole rings is 1. The van der Waals surface area contributed by atoms with Gasteiger partial charge in [0.1, 0.15) is 10.7 Å². The van der Waals surface area contributed by atoms with Gasteiger partial charge in [-0.3, -0.25) is 4.79 Å². The Labute approximate surface area is 125 Å². The summed E-state index contributed by atoms with van der Waals surface area (Å²) in [5.74, 6) is 0.766. The molecule has 0 atom stereocenters. The summed E-state index contributed by atoms with van der Waals surface area (Å²) in [5, 5.41) is 3.92. The largest absolute Gasteiger partial charge is 0.382 e. The highest BCUT2D eigenvalue weighted by Crippen LogP contribution is 2.27. The van der Waals surface area contributed by atoms with Gasteiger partial charge in [-0.15, -0.1) is 0 Å². The lowest BCUT2D eigenvalue weighted by Crippen LogP contribution is -2.34. The Hall–Kier alpha value is -1.30. The molecule has 1 rings (SSSR count). The first kappa shape index (κ1) is 16.8. The number of hydrogen-bond donors (Lipinski definition) is 2. The zero-order valence-electron chi connectivity index (χ0n) is 13.3. The third-order valence-corrected chi connectivity index (χ3v) is 3.58. The van der Waals surface area contributed by atoms with Crippen LogP contribution < -0.4 is 11.1 Å². The lowest BCUT2D eigenvalue weighted by molar-refractivity contribution is 0.0751. The second-order valence-corrected chi connectivity index (χ2v) is 7.73. The summed E-state index contributed by atoms with van der Waals surface area (Å²) in [6, 6.07) is 0. The molecular weight excluding hydrogens is 272 g/mol. The van der Waals surface area contributed by atoms with Crippen LogP contribution in [0.25, 0.3) is 0 Å². The van der Waals surface area contributed by atoms with Crippen LogP contribution in [-0.2, 0) is 0 Å². The van der Waals surface area contributed by atoms with Crippen LogP contribution in [0.1, 0.15) is 44.3 Å². The van der Waals surface area contributed by atoms with Crippen molar-refractivity contribution in [1.29, 1.82) is 0 Å². The second kappa shape index (κ2) is 6.43. The topological polar surface area (TPSA) is 71.2 Å². The van der Waals surface area contributed by atoms with Gasteiger partial charge in [0.25, 0.3) is 5.91 Å². The van der Waals surface area contributed by atoms with Crippen LogP contribution >= 0.6 is 11.3 Å². The number of aromatic nitrogens is 1. The van der Waals surface area contributed by atoms with E-state index in [9.17, 15) is 4.79 Å². The summed E-state index contributed by atoms with van der Waals surface area (Å²) in [4.78, 5) is 18.8. The van der Waals surface area contributed by atoms with Crippen molar-refractivity contribution in [2.45, 2.75) is 34.6 Å². The third kappa shape index (κ3) is 5.00. The quantitative estimate of drug-likeness (QED) is 0.877. The molecule has 1 heterocycles. The zero-order chi connectivity index (χ0) is 15.5. The lowest BCUT2D eigenvalue weighted by Gasteiger charge is -2.26. The summed E-state index contributed by atoms with van der Waals surface area (Å²) in [5.41, 5.74) is 5.92. The van der Waals surface area contributed by atoms with Crippen molar-refractivity contribution in [3.63, 3.8) is 0 Å². The van der Waals surface area contributed by atoms with Crippen LogP contribution in [-0.4, -0.2) is 35.9 Å². The summed E-state index contributed by atoms with van der Waals surface area (Å²) in [6.07, 6.45) is 0. The highest BCUT2D eigenvalue weighted by Gasteiger charge is 2.23. The van der Waals surface area contributed by atoms with Crippen molar-refractivity contribution in [3.05, 3.63) is 4.88 Å². The number of amides is 1. The predicted molar refractivity (Wildman–Crippen MR) is 86.3 cm³/mol. The molecule has 20 heavy (non-hydrogen) atoms. The van der Waals surface area contributed by atoms with E-state index < -0.39 is 0 Å². The van der Waals surface area contributed by atoms with Crippen molar-refractivity contribution >= 4 is 28.2 Å². The van der Waals surface area contributed by atoms with Crippen LogP contribution in [0.2, 0.25) is 0 Å². The van der Waals surface area contributed by atoms with E-state index in [1.165, 1.54) is 11.3 Å². The molecule has 0 saturated heterocycles. The van der Waals surface area contributed by atoms with E-state index >= 15 is 0 Å². The van der Waals surface area contributed by atoms with Crippen molar-refractivity contribution in [3.8, 4) is 0 Å². The number of rotatable bonds is 5. The number of carbonyl (C=O) groups excluding carboxylic acids is 1. The van der Waals surface area contributed by atoms with Gasteiger partial charge in [-0.25, -0.2) is 4.98 Å². The molecule has 1 aromatic heterocycles. The van der Waals surface area contributed by atoms with Crippen LogP contribution in [0.3, 0.4) is 0 Å². The molecule has 1 aromatic rings. The van der Waals surface area contributed by atoms with E-state index in [4.69, 9.17) is 5.73 Å². The first-order valence-corrected chi connectivity index (χ1v) is 7.67. The Kier molecular flexibility index (Phi) is 5.39. The van der Waals surface area contributed by atoms with Gasteiger partial charge in [0, 0.05) is 20.1 Å². The number of nitrogens with two attached hydrogens (primary N) is 1. The summed E-state index contributed by atoms with van der Waals surface area (Å²) >= 11 is 1.33. The molecule has 0 aliphatic carbocycles. The van der Waals surface area contributed by atoms with Crippen molar-refractivity contribution in [1.82, 2.24) is 9.88 Å². The van der Waals surface area contributed by atoms with Crippen LogP contribution in [0.5, 0.6) is 0 Å². The number of carbonyl (C=O) groups is 1. The Morgan fingerprint density at radius 2 is 2.05 bits per heavy atom. The van der Waals surface area contributed by atoms with E-state index in [0.717, 1.165) is 6.54 Å². The maximum atomic E-state index is 12.4. The molecule has 0 unspecified atom stereocenters. The zero-order valence-corrected chi connectivity index (χ0v) is 14.1. The SMILES string of the molecule is CC(C)CNc1nc(N)c(C(=O)N(C)CC(C)(C)C)s1. The minimum absolute atomic E-state index is 0.0581. The van der Waals surface area contributed by atoms with Gasteiger partial charge in [-0.1, -0.05) is 46.0 Å². The fourth-order valence-corrected chi connectivity index (χ4v) is 2.70. The van der Waals surface area contributed by atoms with E-state index in [1.807, 2.05) is 0 Å². The van der Waals surface area contributed by atoms with Crippen LogP contribution in [0, 0.1) is 11.3 Å². The minimum Gasteiger partial charge on any atom is -0.382 e. The number of anilines is 2. The highest BCUT2D eigenvalue weighted by atomic mass is 32.1. The Morgan fingerprint density at radius 1 is 1.45 bits per heavy atom. The van der Waals surface area contributed by atoms with Gasteiger partial charge < -0.3 is 16.0 Å². The Morgan fingerprint density at radius 3 is 2.55 bits per heavy atom. The molecule has 0 bridgehead atoms. The van der Waals surface area contributed by atoms with Crippen LogP contribution in [0.15, 0.2) is 0 Å². The van der Waals surface area contributed by atoms with E-state index in [1.54, 1.807) is 11.9 Å². The molecule has 0 saturated carbocycles. The molecule has 0 spiro atoms. The fourth-order valence-electron chi connectivity index (χ4n) is 1.81. The van der Waals surface area contributed by atoms with Gasteiger partial charge in [0.2, 0.25) is 0 Å². The lowest BCUT2D eigenvalue weighted by atomic mass is 9.96. The number of hydrogen-bond acceptors (Lipinski definition) is 5. The second-order valence-electron chi connectivity index (χ2n) is 6.73. The minimum atomic E-state index is -0.0625. The first-order valence-electron chi connectivity index (χ1n) is 6.86. The molecular formula is C14H26N4OS. The van der Waals surface area contributed by atoms with Gasteiger partial charge in [0.05, 0.1) is 0 Å². The molecule has 114 valence electrons. The summed E-state index contributed by atoms with van der Waals surface area (Å²) < 4.78 is 0. The molecule has 0 radical (unpaired) electrons. The molecule has 3 N–H and O–H groups in total. The number of nitrogens with zero attached hydrogens (tertiary/aromatic N) is 2. The monoisotopic (exact) mass is 298 g/mol. The summed E-state index contributed by atoms with van der Waals surface area (Å²) in [6.45, 7) is 12.0. The van der Waals surface area contributed by atoms with Gasteiger partial charge in [-0.2, -0.15) is 0 Å². The smallest absolute Gasteiger partial charge is 0.267 e. The summed E-state index contributed by atoms with van der Waals surface area (Å²) in [7, 11) is 1.80. The maximum absolute atomic E-state index is 12.4. The average molecular weight is 298 g/mol. The molecule has 0 fully saturated rings. The number of nitrogen functional groups attached to an aromatic ring is 1. The Bertz CT molecular complexity index is 462. The van der Waals surface area contributed by atoms with Gasteiger partial charge in [0.15, 0.2) is 5.13 Å². The fraction of sp³-hybridized carbons (Fsp3) is 0.714. The highest BCUT2D eigenvalue weighted by molar-refractivity contribution is 7.18. The predicted octanol–water partition coefficient (Wildman–Crippen LogP) is 2.91. The maximum Gasteiger partial charge on any atom is 0.267 e. The molecule has 5 nitrogen and oxygen atoms in total. The normalized spacial score (nSPS) is 11.8. The molecule has 6 heteroatoms. The molecule has 1 amide bonds. The van der Waals surface area contributed by atoms with Crippen molar-refractivity contribution < 1.29 is 4.79 Å². The Balaban J connectivity index is 2.78. The van der Waals surface area contributed by atoms with Gasteiger partial charge >= 0.3 is 0 Å². The average Bonchev–Trinajstić information content (AvgIpc) is 2.64. The van der Waals surface area contributed by atoms with Crippen molar-refractivity contribution in [2.24, 2.45) is 11.3 Å². The van der Waals surface area contributed by atoms with Gasteiger partial charge in [-0.05, 0) is 11.3 Å². The number of nitrogens with one attached hydrogen (secondary N) is 1. The molecule has 0 aliphatic rings. The van der Waals surface area contributed by atoms with E-state index in [2.05, 4.69) is 44.9 Å².